The molecular weight excluding hydrogens is 365 g/mol. The number of thiophene rings is 1. The van der Waals surface area contributed by atoms with Crippen LogP contribution in [0.15, 0.2) is 36.4 Å². The van der Waals surface area contributed by atoms with Gasteiger partial charge in [0, 0.05) is 17.0 Å². The molecular formula is C16H15ClFN5OS. The van der Waals surface area contributed by atoms with Crippen LogP contribution in [0.4, 0.5) is 4.39 Å². The zero-order valence-electron chi connectivity index (χ0n) is 13.4. The van der Waals surface area contributed by atoms with Crippen molar-refractivity contribution in [2.24, 2.45) is 0 Å². The van der Waals surface area contributed by atoms with Crippen LogP contribution in [0, 0.1) is 5.82 Å². The van der Waals surface area contributed by atoms with Gasteiger partial charge in [-0.25, -0.2) is 4.39 Å². The van der Waals surface area contributed by atoms with Crippen molar-refractivity contribution in [3.63, 3.8) is 0 Å². The highest BCUT2D eigenvalue weighted by Gasteiger charge is 2.16. The highest BCUT2D eigenvalue weighted by Crippen LogP contribution is 2.22. The second-order valence-corrected chi connectivity index (χ2v) is 7.07. The number of aromatic nitrogens is 4. The van der Waals surface area contributed by atoms with Gasteiger partial charge in [-0.1, -0.05) is 23.7 Å². The molecule has 0 saturated heterocycles. The zero-order valence-corrected chi connectivity index (χ0v) is 15.0. The summed E-state index contributed by atoms with van der Waals surface area (Å²) < 4.78 is 14.0. The van der Waals surface area contributed by atoms with Crippen molar-refractivity contribution in [3.05, 3.63) is 51.4 Å². The Morgan fingerprint density at radius 3 is 2.88 bits per heavy atom. The van der Waals surface area contributed by atoms with Crippen LogP contribution in [-0.2, 0) is 17.9 Å². The van der Waals surface area contributed by atoms with E-state index in [0.717, 1.165) is 4.88 Å². The summed E-state index contributed by atoms with van der Waals surface area (Å²) in [6.07, 6.45) is 0. The number of halogens is 2. The first-order valence-corrected chi connectivity index (χ1v) is 8.80. The summed E-state index contributed by atoms with van der Waals surface area (Å²) in [4.78, 5) is 16.4. The number of likely N-dealkylation sites (N-methyl/N-ethyl adjacent to an activating group) is 1. The van der Waals surface area contributed by atoms with Crippen molar-refractivity contribution in [1.82, 2.24) is 25.1 Å². The molecule has 130 valence electrons. The predicted molar refractivity (Wildman–Crippen MR) is 93.6 cm³/mol. The van der Waals surface area contributed by atoms with Gasteiger partial charge in [0.25, 0.3) is 0 Å². The molecule has 3 rings (SSSR count). The summed E-state index contributed by atoms with van der Waals surface area (Å²) in [7, 11) is 0. The molecule has 0 N–H and O–H groups in total. The number of nitrogens with zero attached hydrogens (tertiary/aromatic N) is 5. The van der Waals surface area contributed by atoms with Gasteiger partial charge in [-0.3, -0.25) is 4.79 Å². The molecule has 0 radical (unpaired) electrons. The highest BCUT2D eigenvalue weighted by molar-refractivity contribution is 7.16. The summed E-state index contributed by atoms with van der Waals surface area (Å²) in [6, 6.07) is 9.63. The summed E-state index contributed by atoms with van der Waals surface area (Å²) in [5.74, 6) is -0.229. The third-order valence-corrected chi connectivity index (χ3v) is 4.74. The first-order chi connectivity index (χ1) is 12.0. The Balaban J connectivity index is 1.67. The van der Waals surface area contributed by atoms with Crippen molar-refractivity contribution in [1.29, 1.82) is 0 Å². The second kappa shape index (κ2) is 7.71. The van der Waals surface area contributed by atoms with E-state index < -0.39 is 0 Å². The molecule has 0 spiro atoms. The smallest absolute Gasteiger partial charge is 0.246 e. The topological polar surface area (TPSA) is 63.9 Å². The van der Waals surface area contributed by atoms with E-state index >= 15 is 0 Å². The van der Waals surface area contributed by atoms with Crippen LogP contribution in [0.25, 0.3) is 11.4 Å². The summed E-state index contributed by atoms with van der Waals surface area (Å²) in [5, 5.41) is 11.9. The first-order valence-electron chi connectivity index (χ1n) is 7.61. The molecule has 0 aliphatic carbocycles. The SMILES string of the molecule is CCN(Cc1ccc(Cl)s1)C(=O)Cn1nnc(-c2cccc(F)c2)n1. The van der Waals surface area contributed by atoms with Crippen LogP contribution in [0.3, 0.4) is 0 Å². The van der Waals surface area contributed by atoms with Crippen LogP contribution < -0.4 is 0 Å². The Morgan fingerprint density at radius 1 is 1.36 bits per heavy atom. The highest BCUT2D eigenvalue weighted by atomic mass is 35.5. The average molecular weight is 380 g/mol. The molecule has 2 heterocycles. The largest absolute Gasteiger partial charge is 0.336 e. The summed E-state index contributed by atoms with van der Waals surface area (Å²) in [6.45, 7) is 2.91. The van der Waals surface area contributed by atoms with E-state index in [1.807, 2.05) is 19.1 Å². The van der Waals surface area contributed by atoms with E-state index in [4.69, 9.17) is 11.6 Å². The standard InChI is InChI=1S/C16H15ClFN5OS/c1-2-22(9-13-6-7-14(17)25-13)15(24)10-23-20-16(19-21-23)11-4-3-5-12(18)8-11/h3-8H,2,9-10H2,1H3. The number of hydrogen-bond acceptors (Lipinski definition) is 5. The number of rotatable bonds is 6. The van der Waals surface area contributed by atoms with Gasteiger partial charge in [0.05, 0.1) is 10.9 Å². The van der Waals surface area contributed by atoms with Crippen molar-refractivity contribution in [2.75, 3.05) is 6.54 Å². The van der Waals surface area contributed by atoms with Crippen LogP contribution in [0.1, 0.15) is 11.8 Å². The molecule has 1 amide bonds. The molecule has 0 atom stereocenters. The maximum atomic E-state index is 13.3. The van der Waals surface area contributed by atoms with Gasteiger partial charge in [0.1, 0.15) is 12.4 Å². The number of amides is 1. The molecule has 0 aliphatic rings. The van der Waals surface area contributed by atoms with Gasteiger partial charge in [-0.05, 0) is 36.4 Å². The van der Waals surface area contributed by atoms with Crippen molar-refractivity contribution in [2.45, 2.75) is 20.0 Å². The third kappa shape index (κ3) is 4.40. The minimum atomic E-state index is -0.378. The molecule has 1 aromatic carbocycles. The maximum Gasteiger partial charge on any atom is 0.246 e. The number of tetrazole rings is 1. The van der Waals surface area contributed by atoms with E-state index in [2.05, 4.69) is 15.4 Å². The Kier molecular flexibility index (Phi) is 5.40. The molecule has 9 heteroatoms. The van der Waals surface area contributed by atoms with Crippen LogP contribution in [-0.4, -0.2) is 37.6 Å². The lowest BCUT2D eigenvalue weighted by Gasteiger charge is -2.19. The van der Waals surface area contributed by atoms with Gasteiger partial charge >= 0.3 is 0 Å². The van der Waals surface area contributed by atoms with Crippen molar-refractivity contribution >= 4 is 28.8 Å². The summed E-state index contributed by atoms with van der Waals surface area (Å²) >= 11 is 7.37. The van der Waals surface area contributed by atoms with E-state index in [1.54, 1.807) is 17.0 Å². The number of carbonyl (C=O) groups is 1. The molecule has 3 aromatic rings. The quantitative estimate of drug-likeness (QED) is 0.659. The monoisotopic (exact) mass is 379 g/mol. The molecule has 25 heavy (non-hydrogen) atoms. The number of benzene rings is 1. The van der Waals surface area contributed by atoms with E-state index in [1.165, 1.54) is 28.3 Å². The van der Waals surface area contributed by atoms with Crippen molar-refractivity contribution in [3.8, 4) is 11.4 Å². The number of hydrogen-bond donors (Lipinski definition) is 0. The molecule has 6 nitrogen and oxygen atoms in total. The Bertz CT molecular complexity index is 881. The zero-order chi connectivity index (χ0) is 17.8. The lowest BCUT2D eigenvalue weighted by molar-refractivity contribution is -0.132. The Morgan fingerprint density at radius 2 is 2.20 bits per heavy atom. The normalized spacial score (nSPS) is 10.8. The predicted octanol–water partition coefficient (Wildman–Crippen LogP) is 3.24. The fraction of sp³-hybridized carbons (Fsp3) is 0.250. The van der Waals surface area contributed by atoms with Crippen LogP contribution in [0.5, 0.6) is 0 Å². The van der Waals surface area contributed by atoms with Gasteiger partial charge in [-0.15, -0.1) is 21.5 Å². The first kappa shape index (κ1) is 17.5. The number of carbonyl (C=O) groups excluding carboxylic acids is 1. The Labute approximate surface area is 152 Å². The fourth-order valence-electron chi connectivity index (χ4n) is 2.28. The lowest BCUT2D eigenvalue weighted by atomic mass is 10.2. The van der Waals surface area contributed by atoms with E-state index in [-0.39, 0.29) is 24.1 Å². The molecule has 0 aliphatic heterocycles. The summed E-state index contributed by atoms with van der Waals surface area (Å²) in [5.41, 5.74) is 0.513. The van der Waals surface area contributed by atoms with E-state index in [9.17, 15) is 9.18 Å². The molecule has 0 fully saturated rings. The second-order valence-electron chi connectivity index (χ2n) is 5.27. The van der Waals surface area contributed by atoms with Crippen LogP contribution in [0.2, 0.25) is 4.34 Å². The molecule has 0 unspecified atom stereocenters. The van der Waals surface area contributed by atoms with Gasteiger partial charge in [-0.2, -0.15) is 4.80 Å². The van der Waals surface area contributed by atoms with Gasteiger partial charge < -0.3 is 4.90 Å². The maximum absolute atomic E-state index is 13.3. The molecule has 0 saturated carbocycles. The Hall–Kier alpha value is -2.32. The lowest BCUT2D eigenvalue weighted by Crippen LogP contribution is -2.33. The van der Waals surface area contributed by atoms with E-state index in [0.29, 0.717) is 23.0 Å². The minimum absolute atomic E-state index is 0.0325. The van der Waals surface area contributed by atoms with Crippen molar-refractivity contribution < 1.29 is 9.18 Å². The van der Waals surface area contributed by atoms with Gasteiger partial charge in [0.15, 0.2) is 0 Å². The van der Waals surface area contributed by atoms with Crippen LogP contribution >= 0.6 is 22.9 Å². The average Bonchev–Trinajstić information content (AvgIpc) is 3.21. The van der Waals surface area contributed by atoms with Gasteiger partial charge in [0.2, 0.25) is 11.7 Å². The molecule has 0 bridgehead atoms. The fourth-order valence-corrected chi connectivity index (χ4v) is 3.38. The molecule has 2 aromatic heterocycles. The third-order valence-electron chi connectivity index (χ3n) is 3.52. The minimum Gasteiger partial charge on any atom is -0.336 e.